The first-order valence-corrected chi connectivity index (χ1v) is 25.5. The lowest BCUT2D eigenvalue weighted by molar-refractivity contribution is -0.163. The summed E-state index contributed by atoms with van der Waals surface area (Å²) in [6.45, 7) is 7.78. The molecule has 0 saturated carbocycles. The first-order valence-electron chi connectivity index (χ1n) is 25.5. The van der Waals surface area contributed by atoms with Crippen LogP contribution in [0.15, 0.2) is 36.5 Å². The molecule has 340 valence electrons. The Morgan fingerprint density at radius 2 is 0.741 bits per heavy atom. The molecule has 0 heterocycles. The summed E-state index contributed by atoms with van der Waals surface area (Å²) in [6, 6.07) is 0. The van der Waals surface area contributed by atoms with Gasteiger partial charge in [0.15, 0.2) is 6.10 Å². The molecule has 0 spiro atoms. The lowest BCUT2D eigenvalue weighted by Crippen LogP contribution is -2.30. The van der Waals surface area contributed by atoms with Crippen LogP contribution in [-0.4, -0.2) is 37.9 Å². The quantitative estimate of drug-likeness (QED) is 0.0348. The van der Waals surface area contributed by atoms with Crippen molar-refractivity contribution in [1.82, 2.24) is 0 Å². The molecule has 0 fully saturated rings. The van der Waals surface area contributed by atoms with Crippen LogP contribution in [0.25, 0.3) is 0 Å². The van der Waals surface area contributed by atoms with Crippen LogP contribution in [0.4, 0.5) is 0 Å². The van der Waals surface area contributed by atoms with E-state index in [1.165, 1.54) is 167 Å². The molecule has 0 aliphatic heterocycles. The minimum Gasteiger partial charge on any atom is -0.462 e. The van der Waals surface area contributed by atoms with Crippen LogP contribution < -0.4 is 0 Å². The minimum absolute atomic E-state index is 0.0789. The van der Waals surface area contributed by atoms with Crippen molar-refractivity contribution in [2.45, 2.75) is 271 Å². The monoisotopic (exact) mass is 815 g/mol. The van der Waals surface area contributed by atoms with Gasteiger partial charge in [-0.2, -0.15) is 0 Å². The van der Waals surface area contributed by atoms with Crippen LogP contribution in [-0.2, 0) is 23.8 Å². The third-order valence-corrected chi connectivity index (χ3v) is 11.1. The minimum atomic E-state index is -0.540. The Balaban J connectivity index is 4.23. The average Bonchev–Trinajstić information content (AvgIpc) is 3.22. The molecular weight excluding hydrogens is 717 g/mol. The summed E-state index contributed by atoms with van der Waals surface area (Å²) in [5, 5.41) is 0. The molecule has 0 aromatic rings. The van der Waals surface area contributed by atoms with Gasteiger partial charge in [-0.1, -0.05) is 218 Å². The van der Waals surface area contributed by atoms with Gasteiger partial charge in [0.05, 0.1) is 6.61 Å². The molecule has 0 aromatic heterocycles. The van der Waals surface area contributed by atoms with E-state index in [1.54, 1.807) is 0 Å². The van der Waals surface area contributed by atoms with E-state index < -0.39 is 6.10 Å². The lowest BCUT2D eigenvalue weighted by atomic mass is 10.0. The predicted molar refractivity (Wildman–Crippen MR) is 252 cm³/mol. The number of allylic oxidation sites excluding steroid dienone is 6. The third-order valence-electron chi connectivity index (χ3n) is 11.1. The normalized spacial score (nSPS) is 12.4. The first-order chi connectivity index (χ1) is 28.6. The number of rotatable bonds is 47. The molecule has 0 rings (SSSR count). The molecule has 5 heteroatoms. The number of carbonyl (C=O) groups is 2. The van der Waals surface area contributed by atoms with Crippen molar-refractivity contribution in [3.05, 3.63) is 36.5 Å². The second-order valence-corrected chi connectivity index (χ2v) is 17.1. The maximum absolute atomic E-state index is 12.7. The van der Waals surface area contributed by atoms with Gasteiger partial charge in [-0.3, -0.25) is 9.59 Å². The average molecular weight is 815 g/mol. The number of carbonyl (C=O) groups excluding carboxylic acids is 2. The van der Waals surface area contributed by atoms with Gasteiger partial charge in [0.1, 0.15) is 6.61 Å². The van der Waals surface area contributed by atoms with E-state index in [2.05, 4.69) is 57.2 Å². The lowest BCUT2D eigenvalue weighted by Gasteiger charge is -2.18. The van der Waals surface area contributed by atoms with Crippen molar-refractivity contribution in [2.24, 2.45) is 0 Å². The summed E-state index contributed by atoms with van der Waals surface area (Å²) in [5.41, 5.74) is 0. The van der Waals surface area contributed by atoms with E-state index in [1.807, 2.05) is 0 Å². The Morgan fingerprint density at radius 1 is 0.379 bits per heavy atom. The van der Waals surface area contributed by atoms with Crippen molar-refractivity contribution in [1.29, 1.82) is 0 Å². The number of esters is 2. The highest BCUT2D eigenvalue weighted by molar-refractivity contribution is 5.70. The Hall–Kier alpha value is -1.88. The van der Waals surface area contributed by atoms with Crippen LogP contribution in [0.1, 0.15) is 265 Å². The van der Waals surface area contributed by atoms with Crippen molar-refractivity contribution >= 4 is 11.9 Å². The maximum atomic E-state index is 12.7. The molecule has 0 bridgehead atoms. The maximum Gasteiger partial charge on any atom is 0.306 e. The van der Waals surface area contributed by atoms with E-state index in [-0.39, 0.29) is 25.2 Å². The molecule has 1 unspecified atom stereocenters. The van der Waals surface area contributed by atoms with Gasteiger partial charge in [0.2, 0.25) is 0 Å². The Kier molecular flexibility index (Phi) is 47.9. The fourth-order valence-corrected chi connectivity index (χ4v) is 7.29. The number of hydrogen-bond donors (Lipinski definition) is 0. The zero-order valence-electron chi connectivity index (χ0n) is 39.1. The van der Waals surface area contributed by atoms with E-state index in [4.69, 9.17) is 14.2 Å². The van der Waals surface area contributed by atoms with E-state index in [0.29, 0.717) is 19.4 Å². The second-order valence-electron chi connectivity index (χ2n) is 17.1. The summed E-state index contributed by atoms with van der Waals surface area (Å²) in [6.07, 6.45) is 58.6. The molecule has 0 aliphatic carbocycles. The molecule has 0 aliphatic rings. The van der Waals surface area contributed by atoms with Crippen molar-refractivity contribution < 1.29 is 23.8 Å². The fraction of sp³-hybridized carbons (Fsp3) is 0.849. The van der Waals surface area contributed by atoms with Gasteiger partial charge in [-0.15, -0.1) is 0 Å². The van der Waals surface area contributed by atoms with E-state index in [0.717, 1.165) is 64.2 Å². The summed E-state index contributed by atoms with van der Waals surface area (Å²) < 4.78 is 17.4. The van der Waals surface area contributed by atoms with Gasteiger partial charge in [0, 0.05) is 19.4 Å². The Labute approximate surface area is 361 Å². The molecule has 5 nitrogen and oxygen atoms in total. The molecule has 58 heavy (non-hydrogen) atoms. The first kappa shape index (κ1) is 56.1. The summed E-state index contributed by atoms with van der Waals surface area (Å²) in [4.78, 5) is 25.3. The van der Waals surface area contributed by atoms with Crippen molar-refractivity contribution in [3.8, 4) is 0 Å². The Morgan fingerprint density at radius 3 is 1.24 bits per heavy atom. The van der Waals surface area contributed by atoms with Crippen LogP contribution in [0, 0.1) is 0 Å². The Bertz CT molecular complexity index is 924. The van der Waals surface area contributed by atoms with Gasteiger partial charge in [0.25, 0.3) is 0 Å². The van der Waals surface area contributed by atoms with Gasteiger partial charge < -0.3 is 14.2 Å². The molecule has 0 aromatic carbocycles. The second kappa shape index (κ2) is 49.5. The summed E-state index contributed by atoms with van der Waals surface area (Å²) in [5.74, 6) is -0.413. The van der Waals surface area contributed by atoms with Crippen LogP contribution in [0.2, 0.25) is 0 Å². The number of ether oxygens (including phenoxy) is 3. The van der Waals surface area contributed by atoms with Gasteiger partial charge in [-0.05, 0) is 70.6 Å². The highest BCUT2D eigenvalue weighted by atomic mass is 16.6. The summed E-state index contributed by atoms with van der Waals surface area (Å²) >= 11 is 0. The SMILES string of the molecule is CCCC/C=C\CCCCCCCC(=O)OC(COCCCCCCCCCCCCCCCCCC)COC(=O)CCCCCCC/C=C\C/C=C\CCCCC. The van der Waals surface area contributed by atoms with Crippen molar-refractivity contribution in [3.63, 3.8) is 0 Å². The standard InChI is InChI=1S/C53H98O5/c1-4-7-10-13-16-19-22-24-26-28-30-33-36-39-42-45-48-56-49-51(58-53(55)47-44-41-38-35-31-21-18-15-12-9-6-3)50-57-52(54)46-43-40-37-34-32-29-27-25-23-20-17-14-11-8-5-2/h15,17-18,20,25,27,51H,4-14,16,19,21-24,26,28-50H2,1-3H3/b18-15-,20-17-,27-25-. The molecule has 0 N–H and O–H groups in total. The topological polar surface area (TPSA) is 61.8 Å². The number of hydrogen-bond acceptors (Lipinski definition) is 5. The highest BCUT2D eigenvalue weighted by Gasteiger charge is 2.17. The molecule has 0 amide bonds. The fourth-order valence-electron chi connectivity index (χ4n) is 7.29. The highest BCUT2D eigenvalue weighted by Crippen LogP contribution is 2.15. The van der Waals surface area contributed by atoms with E-state index >= 15 is 0 Å². The smallest absolute Gasteiger partial charge is 0.306 e. The largest absolute Gasteiger partial charge is 0.462 e. The zero-order chi connectivity index (χ0) is 42.1. The van der Waals surface area contributed by atoms with Crippen LogP contribution >= 0.6 is 0 Å². The molecular formula is C53H98O5. The predicted octanol–water partition coefficient (Wildman–Crippen LogP) is 17.0. The molecule has 0 radical (unpaired) electrons. The number of unbranched alkanes of at least 4 members (excludes halogenated alkanes) is 30. The zero-order valence-corrected chi connectivity index (χ0v) is 39.1. The van der Waals surface area contributed by atoms with Crippen LogP contribution in [0.5, 0.6) is 0 Å². The van der Waals surface area contributed by atoms with Gasteiger partial charge in [-0.25, -0.2) is 0 Å². The van der Waals surface area contributed by atoms with E-state index in [9.17, 15) is 9.59 Å². The summed E-state index contributed by atoms with van der Waals surface area (Å²) in [7, 11) is 0. The molecule has 0 saturated heterocycles. The third kappa shape index (κ3) is 46.8. The van der Waals surface area contributed by atoms with Gasteiger partial charge >= 0.3 is 11.9 Å². The van der Waals surface area contributed by atoms with Crippen molar-refractivity contribution in [2.75, 3.05) is 19.8 Å². The molecule has 1 atom stereocenters. The van der Waals surface area contributed by atoms with Crippen LogP contribution in [0.3, 0.4) is 0 Å².